The number of para-hydroxylation sites is 1. The van der Waals surface area contributed by atoms with Crippen LogP contribution in [0.3, 0.4) is 0 Å². The monoisotopic (exact) mass is 234 g/mol. The Bertz CT molecular complexity index is 354. The van der Waals surface area contributed by atoms with Crippen molar-refractivity contribution in [3.63, 3.8) is 0 Å². The number of hydrogen-bond acceptors (Lipinski definition) is 2. The molecular weight excluding hydrogens is 212 g/mol. The summed E-state index contributed by atoms with van der Waals surface area (Å²) in [6.45, 7) is 8.68. The lowest BCUT2D eigenvalue weighted by atomic mass is 9.88. The van der Waals surface area contributed by atoms with Gasteiger partial charge in [-0.1, -0.05) is 39.0 Å². The number of anilines is 1. The Labute approximate surface area is 104 Å². The minimum Gasteiger partial charge on any atom is -0.376 e. The lowest BCUT2D eigenvalue weighted by Crippen LogP contribution is -2.43. The molecule has 3 heteroatoms. The molecule has 1 aromatic rings. The van der Waals surface area contributed by atoms with Gasteiger partial charge in [0.1, 0.15) is 0 Å². The van der Waals surface area contributed by atoms with Crippen molar-refractivity contribution in [3.8, 4) is 0 Å². The highest BCUT2D eigenvalue weighted by Crippen LogP contribution is 2.18. The first-order chi connectivity index (χ1) is 7.89. The van der Waals surface area contributed by atoms with Crippen LogP contribution in [0.1, 0.15) is 27.7 Å². The van der Waals surface area contributed by atoms with Crippen molar-refractivity contribution in [3.05, 3.63) is 30.3 Å². The molecule has 0 aliphatic rings. The third kappa shape index (κ3) is 4.89. The molecule has 0 fully saturated rings. The van der Waals surface area contributed by atoms with Crippen molar-refractivity contribution in [2.75, 3.05) is 11.9 Å². The van der Waals surface area contributed by atoms with Crippen molar-refractivity contribution >= 4 is 11.6 Å². The molecule has 0 bridgehead atoms. The minimum atomic E-state index is 0.0243. The standard InChI is InChI=1S/C14H22N2O/c1-11(14(2,3)4)16-13(17)10-15-12-8-6-5-7-9-12/h5-9,11,15H,10H2,1-4H3,(H,16,17). The van der Waals surface area contributed by atoms with Gasteiger partial charge in [0, 0.05) is 11.7 Å². The van der Waals surface area contributed by atoms with Gasteiger partial charge in [-0.15, -0.1) is 0 Å². The van der Waals surface area contributed by atoms with Crippen LogP contribution in [0, 0.1) is 5.41 Å². The average Bonchev–Trinajstić information content (AvgIpc) is 2.26. The first-order valence-electron chi connectivity index (χ1n) is 5.98. The molecule has 0 spiro atoms. The lowest BCUT2D eigenvalue weighted by molar-refractivity contribution is -0.120. The quantitative estimate of drug-likeness (QED) is 0.841. The molecule has 2 N–H and O–H groups in total. The summed E-state index contributed by atoms with van der Waals surface area (Å²) in [6.07, 6.45) is 0. The number of benzene rings is 1. The van der Waals surface area contributed by atoms with E-state index in [9.17, 15) is 4.79 Å². The Hall–Kier alpha value is -1.51. The van der Waals surface area contributed by atoms with E-state index in [0.717, 1.165) is 5.69 Å². The zero-order valence-electron chi connectivity index (χ0n) is 11.1. The first kappa shape index (κ1) is 13.6. The molecule has 17 heavy (non-hydrogen) atoms. The van der Waals surface area contributed by atoms with Gasteiger partial charge in [0.25, 0.3) is 0 Å². The van der Waals surface area contributed by atoms with Crippen LogP contribution in [0.25, 0.3) is 0 Å². The maximum atomic E-state index is 11.7. The highest BCUT2D eigenvalue weighted by molar-refractivity contribution is 5.80. The summed E-state index contributed by atoms with van der Waals surface area (Å²) < 4.78 is 0. The summed E-state index contributed by atoms with van der Waals surface area (Å²) in [4.78, 5) is 11.7. The van der Waals surface area contributed by atoms with Crippen LogP contribution in [0.2, 0.25) is 0 Å². The zero-order chi connectivity index (χ0) is 12.9. The number of hydrogen-bond donors (Lipinski definition) is 2. The molecule has 0 aliphatic carbocycles. The van der Waals surface area contributed by atoms with Crippen molar-refractivity contribution in [2.24, 2.45) is 5.41 Å². The second kappa shape index (κ2) is 5.71. The topological polar surface area (TPSA) is 41.1 Å². The highest BCUT2D eigenvalue weighted by Gasteiger charge is 2.21. The second-order valence-electron chi connectivity index (χ2n) is 5.37. The van der Waals surface area contributed by atoms with E-state index in [4.69, 9.17) is 0 Å². The van der Waals surface area contributed by atoms with Crippen molar-refractivity contribution < 1.29 is 4.79 Å². The summed E-state index contributed by atoms with van der Waals surface area (Å²) in [7, 11) is 0. The minimum absolute atomic E-state index is 0.0243. The Kier molecular flexibility index (Phi) is 4.55. The van der Waals surface area contributed by atoms with Gasteiger partial charge in [-0.05, 0) is 24.5 Å². The maximum Gasteiger partial charge on any atom is 0.239 e. The molecule has 0 saturated heterocycles. The first-order valence-corrected chi connectivity index (χ1v) is 5.98. The van der Waals surface area contributed by atoms with E-state index in [1.165, 1.54) is 0 Å². The Balaban J connectivity index is 2.36. The predicted molar refractivity (Wildman–Crippen MR) is 72.0 cm³/mol. The molecule has 1 amide bonds. The summed E-state index contributed by atoms with van der Waals surface area (Å²) in [5.41, 5.74) is 1.05. The van der Waals surface area contributed by atoms with Gasteiger partial charge in [-0.2, -0.15) is 0 Å². The van der Waals surface area contributed by atoms with Crippen molar-refractivity contribution in [1.82, 2.24) is 5.32 Å². The van der Waals surface area contributed by atoms with Gasteiger partial charge in [-0.25, -0.2) is 0 Å². The van der Waals surface area contributed by atoms with Gasteiger partial charge in [0.2, 0.25) is 5.91 Å². The molecule has 1 rings (SSSR count). The number of rotatable bonds is 4. The molecule has 0 aromatic heterocycles. The average molecular weight is 234 g/mol. The van der Waals surface area contributed by atoms with Crippen LogP contribution >= 0.6 is 0 Å². The summed E-state index contributed by atoms with van der Waals surface area (Å²) in [5.74, 6) is 0.0243. The number of carbonyl (C=O) groups is 1. The van der Waals surface area contributed by atoms with Crippen LogP contribution in [-0.2, 0) is 4.79 Å². The summed E-state index contributed by atoms with van der Waals surface area (Å²) in [6, 6.07) is 9.89. The third-order valence-electron chi connectivity index (χ3n) is 2.90. The van der Waals surface area contributed by atoms with E-state index in [2.05, 4.69) is 31.4 Å². The number of amides is 1. The fourth-order valence-electron chi connectivity index (χ4n) is 1.25. The fourth-order valence-corrected chi connectivity index (χ4v) is 1.25. The second-order valence-corrected chi connectivity index (χ2v) is 5.37. The molecule has 1 unspecified atom stereocenters. The fraction of sp³-hybridized carbons (Fsp3) is 0.500. The molecule has 0 aliphatic heterocycles. The summed E-state index contributed by atoms with van der Waals surface area (Å²) in [5, 5.41) is 6.08. The van der Waals surface area contributed by atoms with Crippen molar-refractivity contribution in [2.45, 2.75) is 33.7 Å². The molecular formula is C14H22N2O. The van der Waals surface area contributed by atoms with Gasteiger partial charge >= 0.3 is 0 Å². The van der Waals surface area contributed by atoms with Gasteiger partial charge < -0.3 is 10.6 Å². The van der Waals surface area contributed by atoms with E-state index >= 15 is 0 Å². The largest absolute Gasteiger partial charge is 0.376 e. The van der Waals surface area contributed by atoms with Gasteiger partial charge in [0.05, 0.1) is 6.54 Å². The zero-order valence-corrected chi connectivity index (χ0v) is 11.1. The lowest BCUT2D eigenvalue weighted by Gasteiger charge is -2.28. The van der Waals surface area contributed by atoms with E-state index < -0.39 is 0 Å². The van der Waals surface area contributed by atoms with E-state index in [-0.39, 0.29) is 17.4 Å². The smallest absolute Gasteiger partial charge is 0.239 e. The highest BCUT2D eigenvalue weighted by atomic mass is 16.1. The van der Waals surface area contributed by atoms with Crippen LogP contribution in [0.4, 0.5) is 5.69 Å². The predicted octanol–water partition coefficient (Wildman–Crippen LogP) is 2.65. The van der Waals surface area contributed by atoms with Crippen molar-refractivity contribution in [1.29, 1.82) is 0 Å². The molecule has 1 aromatic carbocycles. The molecule has 0 radical (unpaired) electrons. The molecule has 0 saturated carbocycles. The Morgan fingerprint density at radius 1 is 1.24 bits per heavy atom. The molecule has 1 atom stereocenters. The van der Waals surface area contributed by atoms with Crippen LogP contribution in [-0.4, -0.2) is 18.5 Å². The van der Waals surface area contributed by atoms with E-state index in [1.54, 1.807) is 0 Å². The SMILES string of the molecule is CC(NC(=O)CNc1ccccc1)C(C)(C)C. The summed E-state index contributed by atoms with van der Waals surface area (Å²) >= 11 is 0. The third-order valence-corrected chi connectivity index (χ3v) is 2.90. The maximum absolute atomic E-state index is 11.7. The number of nitrogens with one attached hydrogen (secondary N) is 2. The Morgan fingerprint density at radius 2 is 1.82 bits per heavy atom. The molecule has 94 valence electrons. The van der Waals surface area contributed by atoms with Crippen LogP contribution in [0.5, 0.6) is 0 Å². The van der Waals surface area contributed by atoms with Gasteiger partial charge in [-0.3, -0.25) is 4.79 Å². The van der Waals surface area contributed by atoms with Crippen LogP contribution in [0.15, 0.2) is 30.3 Å². The normalized spacial score (nSPS) is 12.9. The van der Waals surface area contributed by atoms with Gasteiger partial charge in [0.15, 0.2) is 0 Å². The molecule has 0 heterocycles. The molecule has 3 nitrogen and oxygen atoms in total. The van der Waals surface area contributed by atoms with E-state index in [0.29, 0.717) is 6.54 Å². The number of carbonyl (C=O) groups excluding carboxylic acids is 1. The van der Waals surface area contributed by atoms with E-state index in [1.807, 2.05) is 37.3 Å². The van der Waals surface area contributed by atoms with Crippen LogP contribution < -0.4 is 10.6 Å². The Morgan fingerprint density at radius 3 is 2.35 bits per heavy atom.